The molecule has 0 spiro atoms. The van der Waals surface area contributed by atoms with E-state index in [4.69, 9.17) is 31.5 Å². The van der Waals surface area contributed by atoms with E-state index in [1.165, 1.54) is 12.1 Å². The summed E-state index contributed by atoms with van der Waals surface area (Å²) in [5, 5.41) is 6.04. The number of amides is 2. The molecule has 0 aliphatic carbocycles. The number of anilines is 1. The zero-order valence-electron chi connectivity index (χ0n) is 28.8. The molecule has 2 aromatic rings. The van der Waals surface area contributed by atoms with E-state index < -0.39 is 17.5 Å². The predicted octanol–water partition coefficient (Wildman–Crippen LogP) is 4.60. The molecule has 4 rings (SSSR count). The molecular weight excluding hydrogens is 641 g/mol. The Hall–Kier alpha value is -3.81. The number of piperazine rings is 1. The molecule has 12 nitrogen and oxygen atoms in total. The second-order valence-electron chi connectivity index (χ2n) is 13.1. The average molecular weight is 690 g/mol. The number of hydrogen-bond donors (Lipinski definition) is 3. The fourth-order valence-corrected chi connectivity index (χ4v) is 5.53. The fraction of sp³-hybridized carbons (Fsp3) is 0.559. The second kappa shape index (κ2) is 16.5. The number of hydrogen-bond acceptors (Lipinski definition) is 10. The van der Waals surface area contributed by atoms with Crippen molar-refractivity contribution < 1.29 is 28.2 Å². The van der Waals surface area contributed by atoms with Crippen molar-refractivity contribution in [3.05, 3.63) is 46.2 Å². The summed E-state index contributed by atoms with van der Waals surface area (Å²) in [6.45, 7) is 12.4. The van der Waals surface area contributed by atoms with E-state index in [0.29, 0.717) is 73.3 Å². The van der Waals surface area contributed by atoms with Crippen LogP contribution >= 0.6 is 11.6 Å². The molecule has 48 heavy (non-hydrogen) atoms. The lowest BCUT2D eigenvalue weighted by Gasteiger charge is -2.35. The predicted molar refractivity (Wildman–Crippen MR) is 186 cm³/mol. The Labute approximate surface area is 287 Å². The van der Waals surface area contributed by atoms with Gasteiger partial charge in [-0.15, -0.1) is 0 Å². The molecule has 0 aromatic heterocycles. The maximum Gasteiger partial charge on any atom is 0.410 e. The molecule has 2 aromatic carbocycles. The summed E-state index contributed by atoms with van der Waals surface area (Å²) in [5.74, 6) is 0.457. The standard InChI is InChI=1S/C34H49ClFN7O5/c1-22-32(44)39-9-7-15-46-29-18-24(31(37)40-27-19-25(35)26(36)17-23(27)21-41(22)6)28(38-5)20-30(29)47-16-8-10-42-11-13-43(14-12-42)33(45)48-34(2,3)4/h17-20,22,38H,7-16,21H2,1-6H3,(H2,37,40)(H,39,44)/t22-/m1/s1. The first-order valence-electron chi connectivity index (χ1n) is 16.4. The summed E-state index contributed by atoms with van der Waals surface area (Å²) in [6, 6.07) is 5.88. The van der Waals surface area contributed by atoms with Crippen LogP contribution in [-0.4, -0.2) is 111 Å². The molecular formula is C34H49ClFN7O5. The Balaban J connectivity index is 1.50. The van der Waals surface area contributed by atoms with Gasteiger partial charge in [-0.05, 0) is 71.3 Å². The highest BCUT2D eigenvalue weighted by Crippen LogP contribution is 2.35. The Morgan fingerprint density at radius 1 is 1.21 bits per heavy atom. The van der Waals surface area contributed by atoms with Crippen molar-refractivity contribution in [1.29, 1.82) is 0 Å². The number of nitrogens with zero attached hydrogens (tertiary/aromatic N) is 4. The third-order valence-corrected chi connectivity index (χ3v) is 8.52. The van der Waals surface area contributed by atoms with Gasteiger partial charge in [0.1, 0.15) is 17.3 Å². The maximum atomic E-state index is 14.6. The molecule has 2 aliphatic heterocycles. The normalized spacial score (nSPS) is 18.7. The second-order valence-corrected chi connectivity index (χ2v) is 13.5. The van der Waals surface area contributed by atoms with Crippen LogP contribution in [0.15, 0.2) is 29.3 Å². The van der Waals surface area contributed by atoms with E-state index in [0.717, 1.165) is 26.1 Å². The van der Waals surface area contributed by atoms with E-state index in [2.05, 4.69) is 20.5 Å². The third-order valence-electron chi connectivity index (χ3n) is 8.23. The van der Waals surface area contributed by atoms with Crippen molar-refractivity contribution in [2.24, 2.45) is 10.7 Å². The smallest absolute Gasteiger partial charge is 0.410 e. The quantitative estimate of drug-likeness (QED) is 0.372. The minimum Gasteiger partial charge on any atom is -0.490 e. The number of ether oxygens (including phenoxy) is 3. The largest absolute Gasteiger partial charge is 0.490 e. The van der Waals surface area contributed by atoms with Crippen molar-refractivity contribution in [3.8, 4) is 11.5 Å². The number of carbonyl (C=O) groups excluding carboxylic acids is 2. The molecule has 0 unspecified atom stereocenters. The summed E-state index contributed by atoms with van der Waals surface area (Å²) in [7, 11) is 3.56. The molecule has 14 heteroatoms. The van der Waals surface area contributed by atoms with E-state index in [1.54, 1.807) is 32.0 Å². The van der Waals surface area contributed by atoms with E-state index in [-0.39, 0.29) is 29.4 Å². The monoisotopic (exact) mass is 689 g/mol. The third kappa shape index (κ3) is 10.1. The van der Waals surface area contributed by atoms with Crippen molar-refractivity contribution >= 4 is 40.8 Å². The van der Waals surface area contributed by atoms with Crippen LogP contribution in [-0.2, 0) is 16.1 Å². The van der Waals surface area contributed by atoms with Crippen LogP contribution in [0.25, 0.3) is 0 Å². The van der Waals surface area contributed by atoms with Gasteiger partial charge < -0.3 is 35.5 Å². The number of halogens is 2. The SMILES string of the molecule is CNc1cc(OCCCN2CCN(C(=O)OC(C)(C)C)CC2)c2cc1C(N)=Nc1cc(Cl)c(F)cc1CN(C)[C@H](C)C(=O)NCCCO2. The number of benzene rings is 2. The molecule has 2 bridgehead atoms. The fourth-order valence-electron chi connectivity index (χ4n) is 5.37. The first-order valence-corrected chi connectivity index (χ1v) is 16.8. The number of nitrogens with one attached hydrogen (secondary N) is 2. The first-order chi connectivity index (χ1) is 22.8. The minimum absolute atomic E-state index is 0.0836. The number of aliphatic imine (C=N–C) groups is 1. The molecule has 0 radical (unpaired) electrons. The van der Waals surface area contributed by atoms with Gasteiger partial charge in [-0.25, -0.2) is 14.2 Å². The van der Waals surface area contributed by atoms with Crippen LogP contribution in [0, 0.1) is 5.82 Å². The highest BCUT2D eigenvalue weighted by atomic mass is 35.5. The van der Waals surface area contributed by atoms with Gasteiger partial charge in [0, 0.05) is 70.2 Å². The van der Waals surface area contributed by atoms with E-state index >= 15 is 0 Å². The van der Waals surface area contributed by atoms with Gasteiger partial charge >= 0.3 is 6.09 Å². The Morgan fingerprint density at radius 3 is 2.62 bits per heavy atom. The summed E-state index contributed by atoms with van der Waals surface area (Å²) < 4.78 is 32.5. The van der Waals surface area contributed by atoms with Gasteiger partial charge in [0.15, 0.2) is 11.5 Å². The average Bonchev–Trinajstić information content (AvgIpc) is 3.03. The van der Waals surface area contributed by atoms with Gasteiger partial charge in [-0.3, -0.25) is 14.6 Å². The molecule has 2 aliphatic rings. The number of likely N-dealkylation sites (N-methyl/N-ethyl adjacent to an activating group) is 1. The van der Waals surface area contributed by atoms with Gasteiger partial charge in [0.2, 0.25) is 5.91 Å². The zero-order chi connectivity index (χ0) is 35.0. The molecule has 1 fully saturated rings. The van der Waals surface area contributed by atoms with E-state index in [1.807, 2.05) is 31.7 Å². The molecule has 2 heterocycles. The van der Waals surface area contributed by atoms with Crippen LogP contribution < -0.4 is 25.8 Å². The van der Waals surface area contributed by atoms with E-state index in [9.17, 15) is 14.0 Å². The molecule has 264 valence electrons. The molecule has 4 N–H and O–H groups in total. The van der Waals surface area contributed by atoms with Crippen LogP contribution in [0.4, 0.5) is 20.6 Å². The molecule has 0 saturated carbocycles. The summed E-state index contributed by atoms with van der Waals surface area (Å²) in [6.07, 6.45) is 1.05. The van der Waals surface area contributed by atoms with Gasteiger partial charge in [-0.2, -0.15) is 0 Å². The van der Waals surface area contributed by atoms with Crippen LogP contribution in [0.2, 0.25) is 5.02 Å². The number of fused-ring (bicyclic) bond motifs is 3. The van der Waals surface area contributed by atoms with Crippen LogP contribution in [0.3, 0.4) is 0 Å². The minimum atomic E-state index is -0.583. The first kappa shape index (κ1) is 37.0. The van der Waals surface area contributed by atoms with Crippen molar-refractivity contribution in [2.45, 2.75) is 58.7 Å². The van der Waals surface area contributed by atoms with Crippen LogP contribution in [0.5, 0.6) is 11.5 Å². The molecule has 1 atom stereocenters. The zero-order valence-corrected chi connectivity index (χ0v) is 29.6. The Morgan fingerprint density at radius 2 is 1.94 bits per heavy atom. The lowest BCUT2D eigenvalue weighted by molar-refractivity contribution is -0.125. The Kier molecular flexibility index (Phi) is 12.7. The lowest BCUT2D eigenvalue weighted by Crippen LogP contribution is -2.50. The highest BCUT2D eigenvalue weighted by molar-refractivity contribution is 6.31. The summed E-state index contributed by atoms with van der Waals surface area (Å²) in [5.41, 5.74) is 8.24. The maximum absolute atomic E-state index is 14.6. The summed E-state index contributed by atoms with van der Waals surface area (Å²) >= 11 is 6.16. The molecule has 2 amide bonds. The Bertz CT molecular complexity index is 1480. The van der Waals surface area contributed by atoms with Gasteiger partial charge in [-0.1, -0.05) is 11.6 Å². The van der Waals surface area contributed by atoms with Crippen LogP contribution in [0.1, 0.15) is 51.7 Å². The summed E-state index contributed by atoms with van der Waals surface area (Å²) in [4.78, 5) is 35.8. The number of nitrogens with two attached hydrogens (primary N) is 1. The number of rotatable bonds is 6. The van der Waals surface area contributed by atoms with Crippen molar-refractivity contribution in [1.82, 2.24) is 20.0 Å². The van der Waals surface area contributed by atoms with Gasteiger partial charge in [0.05, 0.1) is 30.0 Å². The van der Waals surface area contributed by atoms with Gasteiger partial charge in [0.25, 0.3) is 0 Å². The highest BCUT2D eigenvalue weighted by Gasteiger charge is 2.26. The number of carbonyl (C=O) groups is 2. The van der Waals surface area contributed by atoms with Crippen molar-refractivity contribution in [2.75, 3.05) is 71.9 Å². The van der Waals surface area contributed by atoms with Crippen molar-refractivity contribution in [3.63, 3.8) is 0 Å². The lowest BCUT2D eigenvalue weighted by atomic mass is 10.1. The topological polar surface area (TPSA) is 134 Å². The number of amidine groups is 1. The molecule has 1 saturated heterocycles.